The predicted octanol–water partition coefficient (Wildman–Crippen LogP) is -0.587. The van der Waals surface area contributed by atoms with Gasteiger partial charge in [0, 0.05) is 11.3 Å². The van der Waals surface area contributed by atoms with Crippen LogP contribution < -0.4 is 10.6 Å². The van der Waals surface area contributed by atoms with E-state index >= 15 is 0 Å². The summed E-state index contributed by atoms with van der Waals surface area (Å²) in [5, 5.41) is 17.9. The fraction of sp³-hybridized carbons (Fsp3) is 0.833. The van der Waals surface area contributed by atoms with Crippen LogP contribution in [0.5, 0.6) is 0 Å². The molecule has 3 atom stereocenters. The van der Waals surface area contributed by atoms with E-state index in [0.29, 0.717) is 0 Å². The van der Waals surface area contributed by atoms with Gasteiger partial charge in [0.25, 0.3) is 0 Å². The lowest BCUT2D eigenvalue weighted by Crippen LogP contribution is -2.45. The fourth-order valence-electron chi connectivity index (χ4n) is 1.66. The molecule has 0 aromatic rings. The number of carbonyl (C=O) groups excluding carboxylic acids is 1. The minimum absolute atomic E-state index is 0.146. The van der Waals surface area contributed by atoms with Crippen molar-refractivity contribution in [2.24, 2.45) is 5.11 Å². The van der Waals surface area contributed by atoms with Gasteiger partial charge in [-0.2, -0.15) is 0 Å². The van der Waals surface area contributed by atoms with Crippen LogP contribution in [0.15, 0.2) is 5.11 Å². The summed E-state index contributed by atoms with van der Waals surface area (Å²) in [4.78, 5) is 13.4. The number of rotatable bonds is 2. The Bertz CT molecular complexity index is 315. The maximum Gasteiger partial charge on any atom is 0.319 e. The van der Waals surface area contributed by atoms with Crippen molar-refractivity contribution in [2.45, 2.75) is 24.5 Å². The molecule has 0 unspecified atom stereocenters. The molecule has 8 nitrogen and oxygen atoms in total. The average molecular weight is 199 g/mol. The highest BCUT2D eigenvalue weighted by atomic mass is 16.5. The molecule has 2 rings (SSSR count). The Hall–Kier alpha value is -1.50. The summed E-state index contributed by atoms with van der Waals surface area (Å²) >= 11 is 0. The van der Waals surface area contributed by atoms with Crippen molar-refractivity contribution in [1.29, 1.82) is 0 Å². The lowest BCUT2D eigenvalue weighted by atomic mass is 10.1. The van der Waals surface area contributed by atoms with Crippen LogP contribution in [0.25, 0.3) is 10.4 Å². The van der Waals surface area contributed by atoms with Crippen LogP contribution in [-0.4, -0.2) is 35.7 Å². The number of carbonyl (C=O) groups is 1. The molecule has 2 fully saturated rings. The quantitative estimate of drug-likeness (QED) is 0.313. The summed E-state index contributed by atoms with van der Waals surface area (Å²) in [6, 6.07) is -0.459. The van der Waals surface area contributed by atoms with Crippen molar-refractivity contribution < 1.29 is 14.6 Å². The van der Waals surface area contributed by atoms with E-state index in [1.165, 1.54) is 0 Å². The Kier molecular flexibility index (Phi) is 1.95. The molecule has 0 spiro atoms. The van der Waals surface area contributed by atoms with E-state index in [1.807, 2.05) is 0 Å². The molecule has 0 aromatic carbocycles. The molecule has 76 valence electrons. The van der Waals surface area contributed by atoms with Gasteiger partial charge in [-0.1, -0.05) is 5.11 Å². The van der Waals surface area contributed by atoms with Gasteiger partial charge in [0.1, 0.15) is 0 Å². The third kappa shape index (κ3) is 1.35. The second-order valence-electron chi connectivity index (χ2n) is 3.28. The van der Waals surface area contributed by atoms with Crippen LogP contribution in [0.4, 0.5) is 4.79 Å². The first kappa shape index (κ1) is 9.07. The summed E-state index contributed by atoms with van der Waals surface area (Å²) in [6.45, 7) is 0.146. The number of hydrogen-bond donors (Lipinski definition) is 3. The maximum absolute atomic E-state index is 10.8. The zero-order valence-electron chi connectivity index (χ0n) is 7.17. The molecule has 0 aliphatic carbocycles. The Morgan fingerprint density at radius 3 is 3.29 bits per heavy atom. The highest BCUT2D eigenvalue weighted by Gasteiger charge is 2.53. The summed E-state index contributed by atoms with van der Waals surface area (Å²) in [5.41, 5.74) is 6.72. The predicted molar refractivity (Wildman–Crippen MR) is 43.9 cm³/mol. The number of nitrogens with zero attached hydrogens (tertiary/aromatic N) is 3. The Morgan fingerprint density at radius 1 is 1.86 bits per heavy atom. The van der Waals surface area contributed by atoms with Crippen molar-refractivity contribution in [2.75, 3.05) is 6.54 Å². The minimum atomic E-state index is -1.37. The third-order valence-corrected chi connectivity index (χ3v) is 2.24. The first-order valence-corrected chi connectivity index (χ1v) is 4.11. The number of urea groups is 1. The van der Waals surface area contributed by atoms with Gasteiger partial charge in [-0.25, -0.2) is 4.79 Å². The molecular formula is C6H9N5O3. The van der Waals surface area contributed by atoms with E-state index in [4.69, 9.17) is 10.3 Å². The highest BCUT2D eigenvalue weighted by molar-refractivity contribution is 5.77. The van der Waals surface area contributed by atoms with Crippen LogP contribution in [0, 0.1) is 0 Å². The first-order valence-electron chi connectivity index (χ1n) is 4.11. The summed E-state index contributed by atoms with van der Waals surface area (Å²) in [7, 11) is 0. The van der Waals surface area contributed by atoms with E-state index < -0.39 is 18.0 Å². The molecule has 0 aromatic heterocycles. The van der Waals surface area contributed by atoms with Crippen LogP contribution in [0.2, 0.25) is 0 Å². The standard InChI is InChI=1S/C6H9N5O3/c7-11-8-2-3-1-6(13)4(14-3)9-5(12)10-6/h3-4,13H,1-2H2,(H2,9,10,12)/t3-,4+,6+/m1/s1. The van der Waals surface area contributed by atoms with Gasteiger partial charge in [0.2, 0.25) is 0 Å². The summed E-state index contributed by atoms with van der Waals surface area (Å²) in [6.07, 6.45) is -0.905. The number of aliphatic hydroxyl groups is 1. The Labute approximate surface area is 78.9 Å². The number of fused-ring (bicyclic) bond motifs is 1. The average Bonchev–Trinajstić information content (AvgIpc) is 2.51. The fourth-order valence-corrected chi connectivity index (χ4v) is 1.66. The molecule has 2 aliphatic rings. The first-order chi connectivity index (χ1) is 6.64. The highest BCUT2D eigenvalue weighted by Crippen LogP contribution is 2.30. The van der Waals surface area contributed by atoms with Crippen molar-refractivity contribution >= 4 is 6.03 Å². The lowest BCUT2D eigenvalue weighted by molar-refractivity contribution is -0.0452. The van der Waals surface area contributed by atoms with Crippen LogP contribution >= 0.6 is 0 Å². The van der Waals surface area contributed by atoms with Gasteiger partial charge >= 0.3 is 6.03 Å². The minimum Gasteiger partial charge on any atom is -0.367 e. The number of hydrogen-bond acceptors (Lipinski definition) is 4. The topological polar surface area (TPSA) is 119 Å². The van der Waals surface area contributed by atoms with E-state index in [9.17, 15) is 9.90 Å². The van der Waals surface area contributed by atoms with Gasteiger partial charge in [-0.15, -0.1) is 0 Å². The molecule has 0 saturated carbocycles. The smallest absolute Gasteiger partial charge is 0.319 e. The van der Waals surface area contributed by atoms with Crippen molar-refractivity contribution in [3.8, 4) is 0 Å². The molecular weight excluding hydrogens is 190 g/mol. The van der Waals surface area contributed by atoms with Crippen LogP contribution in [0.3, 0.4) is 0 Å². The van der Waals surface area contributed by atoms with Gasteiger partial charge < -0.3 is 20.5 Å². The zero-order valence-corrected chi connectivity index (χ0v) is 7.17. The molecule has 0 bridgehead atoms. The molecule has 14 heavy (non-hydrogen) atoms. The van der Waals surface area contributed by atoms with Gasteiger partial charge in [-0.3, -0.25) is 0 Å². The van der Waals surface area contributed by atoms with Gasteiger partial charge in [0.05, 0.1) is 12.6 Å². The van der Waals surface area contributed by atoms with Crippen molar-refractivity contribution in [3.05, 3.63) is 10.4 Å². The van der Waals surface area contributed by atoms with E-state index in [2.05, 4.69) is 20.7 Å². The third-order valence-electron chi connectivity index (χ3n) is 2.24. The number of ether oxygens (including phenoxy) is 1. The van der Waals surface area contributed by atoms with Crippen LogP contribution in [-0.2, 0) is 4.74 Å². The zero-order chi connectivity index (χ0) is 10.2. The van der Waals surface area contributed by atoms with Gasteiger partial charge in [-0.05, 0) is 5.53 Å². The number of nitrogens with one attached hydrogen (secondary N) is 2. The normalized spacial score (nSPS) is 39.6. The van der Waals surface area contributed by atoms with Gasteiger partial charge in [0.15, 0.2) is 12.0 Å². The van der Waals surface area contributed by atoms with Crippen molar-refractivity contribution in [1.82, 2.24) is 10.6 Å². The van der Waals surface area contributed by atoms with E-state index in [-0.39, 0.29) is 19.1 Å². The largest absolute Gasteiger partial charge is 0.367 e. The van der Waals surface area contributed by atoms with Crippen molar-refractivity contribution in [3.63, 3.8) is 0 Å². The molecule has 2 amide bonds. The molecule has 2 saturated heterocycles. The van der Waals surface area contributed by atoms with E-state index in [0.717, 1.165) is 0 Å². The lowest BCUT2D eigenvalue weighted by Gasteiger charge is -2.17. The second-order valence-corrected chi connectivity index (χ2v) is 3.28. The summed E-state index contributed by atoms with van der Waals surface area (Å²) in [5.74, 6) is 0. The Balaban J connectivity index is 2.01. The number of azide groups is 1. The molecule has 3 N–H and O–H groups in total. The summed E-state index contributed by atoms with van der Waals surface area (Å²) < 4.78 is 5.25. The maximum atomic E-state index is 10.8. The monoisotopic (exact) mass is 199 g/mol. The SMILES string of the molecule is [N-]=[N+]=NC[C@H]1C[C@@]2(O)NC(=O)N[C@H]2O1. The molecule has 2 aliphatic heterocycles. The van der Waals surface area contributed by atoms with Crippen LogP contribution in [0.1, 0.15) is 6.42 Å². The molecule has 8 heteroatoms. The molecule has 2 heterocycles. The van der Waals surface area contributed by atoms with E-state index in [1.54, 1.807) is 0 Å². The number of amides is 2. The Morgan fingerprint density at radius 2 is 2.64 bits per heavy atom. The second kappa shape index (κ2) is 3.02. The molecule has 0 radical (unpaired) electrons.